The molecule has 0 aromatic heterocycles. The number of esters is 1. The SMILES string of the molecule is CC(OC(=O)C1=Cc2ccccc2OC1)C(=O)Nc1ccccc1[N+](=O)[O-]. The van der Waals surface area contributed by atoms with Crippen LogP contribution in [0.4, 0.5) is 11.4 Å². The van der Waals surface area contributed by atoms with Gasteiger partial charge in [-0.15, -0.1) is 0 Å². The summed E-state index contributed by atoms with van der Waals surface area (Å²) in [6.45, 7) is 1.43. The second kappa shape index (κ2) is 7.69. The average molecular weight is 368 g/mol. The van der Waals surface area contributed by atoms with Gasteiger partial charge in [0, 0.05) is 11.6 Å². The van der Waals surface area contributed by atoms with Crippen LogP contribution in [0.5, 0.6) is 5.75 Å². The number of nitrogens with one attached hydrogen (secondary N) is 1. The molecule has 2 aromatic rings. The van der Waals surface area contributed by atoms with Gasteiger partial charge in [0.2, 0.25) is 0 Å². The number of anilines is 1. The Hall–Kier alpha value is -3.68. The molecule has 0 radical (unpaired) electrons. The van der Waals surface area contributed by atoms with Crippen molar-refractivity contribution in [3.8, 4) is 5.75 Å². The van der Waals surface area contributed by atoms with E-state index in [2.05, 4.69) is 5.32 Å². The fraction of sp³-hybridized carbons (Fsp3) is 0.158. The van der Waals surface area contributed by atoms with Crippen LogP contribution in [0.25, 0.3) is 6.08 Å². The van der Waals surface area contributed by atoms with Crippen molar-refractivity contribution in [1.29, 1.82) is 0 Å². The van der Waals surface area contributed by atoms with E-state index >= 15 is 0 Å². The number of carbonyl (C=O) groups excluding carboxylic acids is 2. The number of carbonyl (C=O) groups is 2. The first-order chi connectivity index (χ1) is 13.0. The molecule has 8 heteroatoms. The second-order valence-electron chi connectivity index (χ2n) is 5.81. The lowest BCUT2D eigenvalue weighted by atomic mass is 10.1. The first kappa shape index (κ1) is 18.1. The smallest absolute Gasteiger partial charge is 0.338 e. The van der Waals surface area contributed by atoms with Gasteiger partial charge in [0.1, 0.15) is 18.0 Å². The number of hydrogen-bond donors (Lipinski definition) is 1. The quantitative estimate of drug-likeness (QED) is 0.494. The number of para-hydroxylation sites is 3. The lowest BCUT2D eigenvalue weighted by Gasteiger charge is -2.19. The number of nitrogens with zero attached hydrogens (tertiary/aromatic N) is 1. The summed E-state index contributed by atoms with van der Waals surface area (Å²) < 4.78 is 10.7. The van der Waals surface area contributed by atoms with E-state index in [9.17, 15) is 19.7 Å². The number of ether oxygens (including phenoxy) is 2. The number of nitro groups is 1. The highest BCUT2D eigenvalue weighted by Gasteiger charge is 2.25. The Balaban J connectivity index is 1.66. The van der Waals surface area contributed by atoms with Crippen molar-refractivity contribution >= 4 is 29.3 Å². The van der Waals surface area contributed by atoms with Crippen molar-refractivity contribution in [2.24, 2.45) is 0 Å². The molecule has 1 heterocycles. The average Bonchev–Trinajstić information content (AvgIpc) is 2.67. The standard InChI is InChI=1S/C19H16N2O6/c1-12(18(22)20-15-7-3-4-8-16(15)21(24)25)27-19(23)14-10-13-6-2-5-9-17(13)26-11-14/h2-10,12H,11H2,1H3,(H,20,22). The van der Waals surface area contributed by atoms with Gasteiger partial charge in [-0.2, -0.15) is 0 Å². The molecule has 1 amide bonds. The van der Waals surface area contributed by atoms with Crippen LogP contribution >= 0.6 is 0 Å². The molecule has 8 nitrogen and oxygen atoms in total. The van der Waals surface area contributed by atoms with Crippen LogP contribution in [-0.2, 0) is 14.3 Å². The predicted octanol–water partition coefficient (Wildman–Crippen LogP) is 2.94. The molecule has 0 spiro atoms. The van der Waals surface area contributed by atoms with Gasteiger partial charge in [-0.25, -0.2) is 4.79 Å². The van der Waals surface area contributed by atoms with Gasteiger partial charge < -0.3 is 14.8 Å². The topological polar surface area (TPSA) is 108 Å². The monoisotopic (exact) mass is 368 g/mol. The van der Waals surface area contributed by atoms with E-state index in [0.717, 1.165) is 5.56 Å². The lowest BCUT2D eigenvalue weighted by Crippen LogP contribution is -2.31. The molecule has 0 aliphatic carbocycles. The van der Waals surface area contributed by atoms with Crippen LogP contribution in [-0.4, -0.2) is 29.5 Å². The minimum Gasteiger partial charge on any atom is -0.488 e. The molecule has 2 aromatic carbocycles. The van der Waals surface area contributed by atoms with Crippen molar-refractivity contribution in [2.45, 2.75) is 13.0 Å². The van der Waals surface area contributed by atoms with Crippen LogP contribution in [0, 0.1) is 10.1 Å². The molecule has 1 atom stereocenters. The third kappa shape index (κ3) is 4.12. The summed E-state index contributed by atoms with van der Waals surface area (Å²) in [5, 5.41) is 13.4. The summed E-state index contributed by atoms with van der Waals surface area (Å²) in [6.07, 6.45) is 0.503. The Labute approximate surface area is 154 Å². The minimum absolute atomic E-state index is 0.0320. The summed E-state index contributed by atoms with van der Waals surface area (Å²) in [5.41, 5.74) is 0.806. The number of amides is 1. The fourth-order valence-corrected chi connectivity index (χ4v) is 2.50. The third-order valence-corrected chi connectivity index (χ3v) is 3.91. The highest BCUT2D eigenvalue weighted by molar-refractivity contribution is 6.00. The molecule has 1 unspecified atom stereocenters. The molecule has 1 N–H and O–H groups in total. The van der Waals surface area contributed by atoms with Gasteiger partial charge in [0.15, 0.2) is 6.10 Å². The van der Waals surface area contributed by atoms with E-state index in [1.54, 1.807) is 24.3 Å². The molecular formula is C19H16N2O6. The molecule has 1 aliphatic rings. The maximum Gasteiger partial charge on any atom is 0.338 e. The van der Waals surface area contributed by atoms with Crippen molar-refractivity contribution in [1.82, 2.24) is 0 Å². The predicted molar refractivity (Wildman–Crippen MR) is 97.2 cm³/mol. The number of hydrogen-bond acceptors (Lipinski definition) is 6. The van der Waals surface area contributed by atoms with Gasteiger partial charge in [0.25, 0.3) is 11.6 Å². The van der Waals surface area contributed by atoms with Crippen molar-refractivity contribution in [3.63, 3.8) is 0 Å². The van der Waals surface area contributed by atoms with E-state index in [-0.39, 0.29) is 23.6 Å². The van der Waals surface area contributed by atoms with E-state index in [4.69, 9.17) is 9.47 Å². The van der Waals surface area contributed by atoms with Crippen LogP contribution in [0.15, 0.2) is 54.1 Å². The molecule has 0 fully saturated rings. The summed E-state index contributed by atoms with van der Waals surface area (Å²) in [6, 6.07) is 12.9. The second-order valence-corrected chi connectivity index (χ2v) is 5.81. The Morgan fingerprint density at radius 2 is 1.89 bits per heavy atom. The van der Waals surface area contributed by atoms with Crippen molar-refractivity contribution < 1.29 is 24.0 Å². The maximum absolute atomic E-state index is 12.3. The first-order valence-corrected chi connectivity index (χ1v) is 8.13. The van der Waals surface area contributed by atoms with Gasteiger partial charge in [-0.1, -0.05) is 30.3 Å². The lowest BCUT2D eigenvalue weighted by molar-refractivity contribution is -0.383. The zero-order valence-corrected chi connectivity index (χ0v) is 14.4. The highest BCUT2D eigenvalue weighted by Crippen LogP contribution is 2.27. The van der Waals surface area contributed by atoms with Crippen LogP contribution in [0.1, 0.15) is 12.5 Å². The first-order valence-electron chi connectivity index (χ1n) is 8.13. The van der Waals surface area contributed by atoms with Crippen LogP contribution < -0.4 is 10.1 Å². The molecular weight excluding hydrogens is 352 g/mol. The number of fused-ring (bicyclic) bond motifs is 1. The zero-order valence-electron chi connectivity index (χ0n) is 14.4. The molecule has 138 valence electrons. The van der Waals surface area contributed by atoms with Crippen molar-refractivity contribution in [2.75, 3.05) is 11.9 Å². The van der Waals surface area contributed by atoms with E-state index < -0.39 is 22.9 Å². The Morgan fingerprint density at radius 1 is 1.19 bits per heavy atom. The number of rotatable bonds is 5. The molecule has 1 aliphatic heterocycles. The van der Waals surface area contributed by atoms with Crippen LogP contribution in [0.2, 0.25) is 0 Å². The highest BCUT2D eigenvalue weighted by atomic mass is 16.6. The largest absolute Gasteiger partial charge is 0.488 e. The van der Waals surface area contributed by atoms with Crippen LogP contribution in [0.3, 0.4) is 0 Å². The molecule has 27 heavy (non-hydrogen) atoms. The van der Waals surface area contributed by atoms with Gasteiger partial charge in [-0.3, -0.25) is 14.9 Å². The fourth-order valence-electron chi connectivity index (χ4n) is 2.50. The summed E-state index contributed by atoms with van der Waals surface area (Å²) >= 11 is 0. The van der Waals surface area contributed by atoms with Gasteiger partial charge in [-0.05, 0) is 25.1 Å². The molecule has 0 saturated carbocycles. The van der Waals surface area contributed by atoms with E-state index in [0.29, 0.717) is 5.75 Å². The maximum atomic E-state index is 12.3. The molecule has 0 saturated heterocycles. The number of nitro benzene ring substituents is 1. The van der Waals surface area contributed by atoms with E-state index in [1.165, 1.54) is 25.1 Å². The third-order valence-electron chi connectivity index (χ3n) is 3.91. The zero-order chi connectivity index (χ0) is 19.4. The molecule has 3 rings (SSSR count). The Kier molecular flexibility index (Phi) is 5.16. The minimum atomic E-state index is -1.14. The van der Waals surface area contributed by atoms with Gasteiger partial charge in [0.05, 0.1) is 10.5 Å². The summed E-state index contributed by atoms with van der Waals surface area (Å²) in [5.74, 6) is -0.693. The summed E-state index contributed by atoms with van der Waals surface area (Å²) in [7, 11) is 0. The normalized spacial score (nSPS) is 13.4. The Morgan fingerprint density at radius 3 is 2.67 bits per heavy atom. The van der Waals surface area contributed by atoms with Crippen molar-refractivity contribution in [3.05, 3.63) is 69.8 Å². The Bertz CT molecular complexity index is 937. The summed E-state index contributed by atoms with van der Waals surface area (Å²) in [4.78, 5) is 34.9. The van der Waals surface area contributed by atoms with E-state index in [1.807, 2.05) is 12.1 Å². The molecule has 0 bridgehead atoms. The number of benzene rings is 2. The van der Waals surface area contributed by atoms with Gasteiger partial charge >= 0.3 is 5.97 Å².